The van der Waals surface area contributed by atoms with Crippen molar-refractivity contribution in [2.75, 3.05) is 7.11 Å². The van der Waals surface area contributed by atoms with Crippen LogP contribution in [0.2, 0.25) is 0 Å². The number of ether oxygens (including phenoxy) is 1. The van der Waals surface area contributed by atoms with Gasteiger partial charge in [0.15, 0.2) is 0 Å². The number of nitro benzene ring substituents is 1. The molecule has 0 spiro atoms. The van der Waals surface area contributed by atoms with E-state index >= 15 is 0 Å². The number of hydrogen-bond donors (Lipinski definition) is 2. The van der Waals surface area contributed by atoms with Gasteiger partial charge in [0, 0.05) is 12.1 Å². The Hall–Kier alpha value is -1.91. The van der Waals surface area contributed by atoms with Crippen molar-refractivity contribution in [3.63, 3.8) is 0 Å². The number of hydrogen-bond acceptors (Lipinski definition) is 5. The molecular formula is C8H7F3N2O5. The number of quaternary nitrogens is 1. The Morgan fingerprint density at radius 3 is 2.33 bits per heavy atom. The lowest BCUT2D eigenvalue weighted by molar-refractivity contribution is -0.991. The number of nitro groups is 1. The normalized spacial score (nSPS) is 13.2. The molecule has 0 heterocycles. The van der Waals surface area contributed by atoms with Crippen LogP contribution in [0.4, 0.5) is 24.5 Å². The van der Waals surface area contributed by atoms with Gasteiger partial charge < -0.3 is 9.94 Å². The summed E-state index contributed by atoms with van der Waals surface area (Å²) in [6.07, 6.45) is -4.89. The lowest BCUT2D eigenvalue weighted by atomic mass is 10.1. The first-order valence-electron chi connectivity index (χ1n) is 4.35. The minimum Gasteiger partial charge on any atom is -0.595 e. The molecule has 1 aromatic carbocycles. The van der Waals surface area contributed by atoms with Crippen molar-refractivity contribution in [3.8, 4) is 5.75 Å². The minimum atomic E-state index is -4.89. The van der Waals surface area contributed by atoms with E-state index in [-0.39, 0.29) is 12.1 Å². The van der Waals surface area contributed by atoms with Gasteiger partial charge in [-0.15, -0.1) is 0 Å². The summed E-state index contributed by atoms with van der Waals surface area (Å²) in [6, 6.07) is 0.513. The molecule has 0 aliphatic carbocycles. The van der Waals surface area contributed by atoms with Crippen LogP contribution in [0, 0.1) is 15.3 Å². The summed E-state index contributed by atoms with van der Waals surface area (Å²) >= 11 is 0. The number of nitrogens with one attached hydrogen (secondary N) is 1. The molecule has 0 saturated heterocycles. The molecule has 2 N–H and O–H groups in total. The van der Waals surface area contributed by atoms with Crippen molar-refractivity contribution in [1.29, 1.82) is 0 Å². The molecule has 10 heteroatoms. The predicted molar refractivity (Wildman–Crippen MR) is 50.4 cm³/mol. The largest absolute Gasteiger partial charge is 0.595 e. The standard InChI is InChI=1S/C8H7F3N2O5/c1-18-7-5(12(14)15)2-4(8(9,10)11)3-6(7)13(16)17/h2-3,12,14H,1H3. The van der Waals surface area contributed by atoms with Crippen LogP contribution in [0.3, 0.4) is 0 Å². The van der Waals surface area contributed by atoms with Gasteiger partial charge in [-0.1, -0.05) is 0 Å². The Bertz CT molecular complexity index is 475. The third-order valence-electron chi connectivity index (χ3n) is 2.03. The zero-order chi connectivity index (χ0) is 14.1. The van der Waals surface area contributed by atoms with Crippen LogP contribution >= 0.6 is 0 Å². The van der Waals surface area contributed by atoms with Gasteiger partial charge in [-0.05, 0) is 0 Å². The molecule has 0 fully saturated rings. The second-order valence-electron chi connectivity index (χ2n) is 3.14. The van der Waals surface area contributed by atoms with Gasteiger partial charge in [0.2, 0.25) is 5.69 Å². The lowest BCUT2D eigenvalue weighted by Gasteiger charge is -2.16. The molecular weight excluding hydrogens is 261 g/mol. The van der Waals surface area contributed by atoms with E-state index in [0.717, 1.165) is 7.11 Å². The third kappa shape index (κ3) is 2.67. The van der Waals surface area contributed by atoms with E-state index in [0.29, 0.717) is 0 Å². The number of methoxy groups -OCH3 is 1. The van der Waals surface area contributed by atoms with Crippen LogP contribution < -0.4 is 9.96 Å². The first-order valence-corrected chi connectivity index (χ1v) is 4.35. The zero-order valence-electron chi connectivity index (χ0n) is 8.82. The molecule has 0 saturated carbocycles. The molecule has 100 valence electrons. The van der Waals surface area contributed by atoms with Crippen molar-refractivity contribution in [3.05, 3.63) is 33.0 Å². The molecule has 7 nitrogen and oxygen atoms in total. The fraction of sp³-hybridized carbons (Fsp3) is 0.250. The first-order chi connectivity index (χ1) is 8.18. The maximum atomic E-state index is 12.5. The van der Waals surface area contributed by atoms with E-state index < -0.39 is 39.0 Å². The molecule has 18 heavy (non-hydrogen) atoms. The van der Waals surface area contributed by atoms with Crippen molar-refractivity contribution >= 4 is 11.4 Å². The summed E-state index contributed by atoms with van der Waals surface area (Å²) in [5.41, 5.74) is -3.39. The van der Waals surface area contributed by atoms with Gasteiger partial charge in [-0.25, -0.2) is 5.21 Å². The van der Waals surface area contributed by atoms with Gasteiger partial charge in [-0.3, -0.25) is 10.1 Å². The second kappa shape index (κ2) is 4.76. The maximum absolute atomic E-state index is 12.5. The molecule has 0 radical (unpaired) electrons. The second-order valence-corrected chi connectivity index (χ2v) is 3.14. The summed E-state index contributed by atoms with van der Waals surface area (Å²) < 4.78 is 41.8. The Kier molecular flexibility index (Phi) is 3.74. The highest BCUT2D eigenvalue weighted by atomic mass is 19.4. The van der Waals surface area contributed by atoms with E-state index in [9.17, 15) is 28.5 Å². The Balaban J connectivity index is 3.59. The molecule has 0 aliphatic heterocycles. The monoisotopic (exact) mass is 268 g/mol. The molecule has 1 unspecified atom stereocenters. The molecule has 0 amide bonds. The summed E-state index contributed by atoms with van der Waals surface area (Å²) in [4.78, 5) is 9.46. The van der Waals surface area contributed by atoms with Crippen LogP contribution in [0.1, 0.15) is 5.56 Å². The van der Waals surface area contributed by atoms with Gasteiger partial charge >= 0.3 is 11.9 Å². The van der Waals surface area contributed by atoms with Crippen molar-refractivity contribution in [1.82, 2.24) is 0 Å². The van der Waals surface area contributed by atoms with E-state index in [1.54, 1.807) is 0 Å². The number of alkyl halides is 3. The molecule has 1 rings (SSSR count). The fourth-order valence-corrected chi connectivity index (χ4v) is 1.29. The summed E-state index contributed by atoms with van der Waals surface area (Å²) in [5.74, 6) is -0.722. The van der Waals surface area contributed by atoms with Gasteiger partial charge in [0.05, 0.1) is 17.6 Å². The Morgan fingerprint density at radius 2 is 2.00 bits per heavy atom. The number of rotatable bonds is 3. The van der Waals surface area contributed by atoms with Crippen molar-refractivity contribution in [2.45, 2.75) is 6.18 Å². The topological polar surface area (TPSA) is 100 Å². The minimum absolute atomic E-state index is 0.227. The highest BCUT2D eigenvalue weighted by Gasteiger charge is 2.36. The highest BCUT2D eigenvalue weighted by Crippen LogP contribution is 2.39. The molecule has 1 aromatic rings. The number of nitrogens with zero attached hydrogens (tertiary/aromatic N) is 1. The number of benzene rings is 1. The van der Waals surface area contributed by atoms with Crippen molar-refractivity contribution < 1.29 is 33.3 Å². The van der Waals surface area contributed by atoms with E-state index in [2.05, 4.69) is 4.74 Å². The van der Waals surface area contributed by atoms with Gasteiger partial charge in [-0.2, -0.15) is 18.4 Å². The Labute approximate surface area is 97.7 Å². The molecule has 0 aromatic heterocycles. The fourth-order valence-electron chi connectivity index (χ4n) is 1.29. The summed E-state index contributed by atoms with van der Waals surface area (Å²) in [6.45, 7) is 0. The van der Waals surface area contributed by atoms with E-state index in [4.69, 9.17) is 5.21 Å². The van der Waals surface area contributed by atoms with Crippen LogP contribution in [0.25, 0.3) is 0 Å². The summed E-state index contributed by atoms with van der Waals surface area (Å²) in [5, 5.41) is 28.3. The lowest BCUT2D eigenvalue weighted by Crippen LogP contribution is -2.99. The van der Waals surface area contributed by atoms with Gasteiger partial charge in [0.1, 0.15) is 0 Å². The predicted octanol–water partition coefficient (Wildman–Crippen LogP) is 1.03. The average molecular weight is 268 g/mol. The quantitative estimate of drug-likeness (QED) is 0.629. The SMILES string of the molecule is COc1c([N+](=O)[O-])cc(C(F)(F)F)cc1[NH+]([O-])O. The van der Waals surface area contributed by atoms with E-state index in [1.807, 2.05) is 0 Å². The van der Waals surface area contributed by atoms with Crippen LogP contribution in [-0.2, 0) is 6.18 Å². The first kappa shape index (κ1) is 14.2. The maximum Gasteiger partial charge on any atom is 0.416 e. The number of halogens is 3. The van der Waals surface area contributed by atoms with Gasteiger partial charge in [0.25, 0.3) is 5.75 Å². The molecule has 0 aliphatic rings. The third-order valence-corrected chi connectivity index (χ3v) is 2.03. The zero-order valence-corrected chi connectivity index (χ0v) is 8.82. The average Bonchev–Trinajstić information content (AvgIpc) is 2.25. The van der Waals surface area contributed by atoms with Crippen molar-refractivity contribution in [2.24, 2.45) is 0 Å². The van der Waals surface area contributed by atoms with Crippen LogP contribution in [-0.4, -0.2) is 17.2 Å². The molecule has 0 bridgehead atoms. The Morgan fingerprint density at radius 1 is 1.44 bits per heavy atom. The smallest absolute Gasteiger partial charge is 0.416 e. The molecule has 1 atom stereocenters. The van der Waals surface area contributed by atoms with Crippen LogP contribution in [0.5, 0.6) is 5.75 Å². The van der Waals surface area contributed by atoms with Crippen LogP contribution in [0.15, 0.2) is 12.1 Å². The highest BCUT2D eigenvalue weighted by molar-refractivity contribution is 5.62. The van der Waals surface area contributed by atoms with E-state index in [1.165, 1.54) is 0 Å². The summed E-state index contributed by atoms with van der Waals surface area (Å²) in [7, 11) is 0.933.